The first-order chi connectivity index (χ1) is 9.88. The number of aromatic nitrogens is 3. The molecule has 2 aromatic heterocycles. The number of furan rings is 1. The molecule has 114 valence electrons. The molecule has 10 heteroatoms. The molecule has 2 aromatic rings. The van der Waals surface area contributed by atoms with Crippen molar-refractivity contribution in [3.63, 3.8) is 0 Å². The van der Waals surface area contributed by atoms with Crippen LogP contribution in [0.2, 0.25) is 0 Å². The van der Waals surface area contributed by atoms with Gasteiger partial charge in [-0.1, -0.05) is 13.8 Å². The maximum atomic E-state index is 12.2. The van der Waals surface area contributed by atoms with E-state index in [4.69, 9.17) is 4.42 Å². The van der Waals surface area contributed by atoms with Gasteiger partial charge < -0.3 is 9.73 Å². The van der Waals surface area contributed by atoms with Crippen molar-refractivity contribution in [2.75, 3.05) is 4.72 Å². The largest absolute Gasteiger partial charge is 0.451 e. The molecular formula is C11H14BrN5O3S. The molecule has 0 aliphatic carbocycles. The van der Waals surface area contributed by atoms with Gasteiger partial charge in [0.05, 0.1) is 18.9 Å². The molecule has 0 aromatic carbocycles. The summed E-state index contributed by atoms with van der Waals surface area (Å²) in [7, 11) is -3.85. The van der Waals surface area contributed by atoms with Crippen LogP contribution in [-0.4, -0.2) is 29.6 Å². The number of nitrogens with one attached hydrogen (secondary N) is 2. The van der Waals surface area contributed by atoms with Crippen LogP contribution >= 0.6 is 15.9 Å². The Hall–Kier alpha value is -1.52. The summed E-state index contributed by atoms with van der Waals surface area (Å²) < 4.78 is 32.2. The van der Waals surface area contributed by atoms with Crippen LogP contribution in [0.3, 0.4) is 0 Å². The van der Waals surface area contributed by atoms with Crippen molar-refractivity contribution < 1.29 is 12.8 Å². The quantitative estimate of drug-likeness (QED) is 0.787. The van der Waals surface area contributed by atoms with Gasteiger partial charge in [-0.3, -0.25) is 0 Å². The molecule has 0 unspecified atom stereocenters. The molecule has 0 fully saturated rings. The SMILES string of the molecule is CC(C)NCc1cc(S(=O)(=O)Nc2nccnn2)c(Br)o1. The van der Waals surface area contributed by atoms with Crippen LogP contribution in [0.25, 0.3) is 0 Å². The monoisotopic (exact) mass is 375 g/mol. The lowest BCUT2D eigenvalue weighted by atomic mass is 10.3. The molecule has 0 aliphatic heterocycles. The lowest BCUT2D eigenvalue weighted by Gasteiger charge is -2.04. The summed E-state index contributed by atoms with van der Waals surface area (Å²) in [5.41, 5.74) is 0. The minimum Gasteiger partial charge on any atom is -0.451 e. The third-order valence-electron chi connectivity index (χ3n) is 2.39. The molecule has 0 aliphatic rings. The summed E-state index contributed by atoms with van der Waals surface area (Å²) in [6, 6.07) is 1.70. The van der Waals surface area contributed by atoms with Gasteiger partial charge in [-0.2, -0.15) is 5.10 Å². The summed E-state index contributed by atoms with van der Waals surface area (Å²) in [5.74, 6) is 0.399. The van der Waals surface area contributed by atoms with Gasteiger partial charge >= 0.3 is 0 Å². The highest BCUT2D eigenvalue weighted by Gasteiger charge is 2.23. The van der Waals surface area contributed by atoms with Gasteiger partial charge in [-0.25, -0.2) is 18.1 Å². The highest BCUT2D eigenvalue weighted by atomic mass is 79.9. The molecule has 0 saturated carbocycles. The van der Waals surface area contributed by atoms with Crippen molar-refractivity contribution in [3.05, 3.63) is 28.9 Å². The molecule has 2 rings (SSSR count). The van der Waals surface area contributed by atoms with E-state index in [1.165, 1.54) is 18.5 Å². The summed E-state index contributed by atoms with van der Waals surface area (Å²) >= 11 is 3.10. The normalized spacial score (nSPS) is 11.8. The minimum atomic E-state index is -3.85. The van der Waals surface area contributed by atoms with Crippen molar-refractivity contribution in [3.8, 4) is 0 Å². The van der Waals surface area contributed by atoms with E-state index in [1.54, 1.807) is 0 Å². The second-order valence-corrected chi connectivity index (χ2v) is 6.83. The predicted molar refractivity (Wildman–Crippen MR) is 79.0 cm³/mol. The molecule has 0 radical (unpaired) electrons. The van der Waals surface area contributed by atoms with E-state index in [0.29, 0.717) is 12.3 Å². The van der Waals surface area contributed by atoms with Crippen LogP contribution in [0.1, 0.15) is 19.6 Å². The Kier molecular flexibility index (Phi) is 4.91. The summed E-state index contributed by atoms with van der Waals surface area (Å²) in [4.78, 5) is 3.75. The summed E-state index contributed by atoms with van der Waals surface area (Å²) in [6.07, 6.45) is 2.69. The zero-order chi connectivity index (χ0) is 15.5. The van der Waals surface area contributed by atoms with Gasteiger partial charge in [0.25, 0.3) is 16.0 Å². The van der Waals surface area contributed by atoms with Crippen molar-refractivity contribution >= 4 is 31.9 Å². The Morgan fingerprint density at radius 3 is 2.76 bits per heavy atom. The Morgan fingerprint density at radius 1 is 1.38 bits per heavy atom. The Labute approximate surface area is 130 Å². The van der Waals surface area contributed by atoms with Crippen molar-refractivity contribution in [2.45, 2.75) is 31.3 Å². The zero-order valence-electron chi connectivity index (χ0n) is 11.4. The molecule has 2 heterocycles. The van der Waals surface area contributed by atoms with E-state index < -0.39 is 10.0 Å². The standard InChI is InChI=1S/C11H14BrN5O3S/c1-7(2)14-6-8-5-9(10(12)20-8)21(18,19)17-11-13-3-4-15-16-11/h3-5,7,14H,6H2,1-2H3,(H,13,16,17). The fourth-order valence-corrected chi connectivity index (χ4v) is 3.39. The number of anilines is 1. The van der Waals surface area contributed by atoms with Gasteiger partial charge in [0.15, 0.2) is 4.67 Å². The third kappa shape index (κ3) is 4.22. The first kappa shape index (κ1) is 15.9. The molecular weight excluding hydrogens is 362 g/mol. The van der Waals surface area contributed by atoms with Gasteiger partial charge in [0, 0.05) is 12.1 Å². The molecule has 21 heavy (non-hydrogen) atoms. The van der Waals surface area contributed by atoms with Crippen LogP contribution in [-0.2, 0) is 16.6 Å². The first-order valence-corrected chi connectivity index (χ1v) is 8.34. The van der Waals surface area contributed by atoms with Crippen molar-refractivity contribution in [1.82, 2.24) is 20.5 Å². The number of rotatable bonds is 6. The van der Waals surface area contributed by atoms with Gasteiger partial charge in [0.2, 0.25) is 0 Å². The average Bonchev–Trinajstić information content (AvgIpc) is 2.79. The van der Waals surface area contributed by atoms with Crippen molar-refractivity contribution in [2.24, 2.45) is 0 Å². The fraction of sp³-hybridized carbons (Fsp3) is 0.364. The van der Waals surface area contributed by atoms with Crippen LogP contribution in [0, 0.1) is 0 Å². The number of hydrogen-bond donors (Lipinski definition) is 2. The van der Waals surface area contributed by atoms with Crippen LogP contribution < -0.4 is 10.0 Å². The molecule has 0 spiro atoms. The first-order valence-electron chi connectivity index (χ1n) is 6.06. The number of nitrogens with zero attached hydrogens (tertiary/aromatic N) is 3. The molecule has 8 nitrogen and oxygen atoms in total. The smallest absolute Gasteiger partial charge is 0.268 e. The molecule has 0 amide bonds. The minimum absolute atomic E-state index is 0.0180. The van der Waals surface area contributed by atoms with E-state index >= 15 is 0 Å². The van der Waals surface area contributed by atoms with Crippen LogP contribution in [0.4, 0.5) is 5.95 Å². The molecule has 0 bridgehead atoms. The number of halogens is 1. The van der Waals surface area contributed by atoms with Gasteiger partial charge in [0.1, 0.15) is 10.7 Å². The lowest BCUT2D eigenvalue weighted by Crippen LogP contribution is -2.21. The summed E-state index contributed by atoms with van der Waals surface area (Å²) in [5, 5.41) is 10.3. The third-order valence-corrected chi connectivity index (χ3v) is 4.57. The van der Waals surface area contributed by atoms with E-state index in [9.17, 15) is 8.42 Å². The maximum absolute atomic E-state index is 12.2. The Morgan fingerprint density at radius 2 is 2.14 bits per heavy atom. The zero-order valence-corrected chi connectivity index (χ0v) is 13.8. The average molecular weight is 376 g/mol. The highest BCUT2D eigenvalue weighted by Crippen LogP contribution is 2.27. The number of hydrogen-bond acceptors (Lipinski definition) is 7. The highest BCUT2D eigenvalue weighted by molar-refractivity contribution is 9.10. The fourth-order valence-electron chi connectivity index (χ4n) is 1.44. The molecule has 0 saturated heterocycles. The second-order valence-electron chi connectivity index (χ2n) is 4.46. The molecule has 2 N–H and O–H groups in total. The van der Waals surface area contributed by atoms with Crippen molar-refractivity contribution in [1.29, 1.82) is 0 Å². The van der Waals surface area contributed by atoms with E-state index in [1.807, 2.05) is 13.8 Å². The second kappa shape index (κ2) is 6.50. The Bertz CT molecular complexity index is 702. The van der Waals surface area contributed by atoms with E-state index in [2.05, 4.69) is 41.2 Å². The van der Waals surface area contributed by atoms with E-state index in [-0.39, 0.29) is 21.6 Å². The van der Waals surface area contributed by atoms with E-state index in [0.717, 1.165) is 0 Å². The van der Waals surface area contributed by atoms with Gasteiger partial charge in [-0.15, -0.1) is 5.10 Å². The van der Waals surface area contributed by atoms with Gasteiger partial charge in [-0.05, 0) is 15.9 Å². The van der Waals surface area contributed by atoms with Crippen LogP contribution in [0.5, 0.6) is 0 Å². The predicted octanol–water partition coefficient (Wildman–Crippen LogP) is 1.53. The molecule has 0 atom stereocenters. The summed E-state index contributed by atoms with van der Waals surface area (Å²) in [6.45, 7) is 4.39. The Balaban J connectivity index is 2.20. The maximum Gasteiger partial charge on any atom is 0.268 e. The van der Waals surface area contributed by atoms with Crippen LogP contribution in [0.15, 0.2) is 32.4 Å². The topological polar surface area (TPSA) is 110 Å². The lowest BCUT2D eigenvalue weighted by molar-refractivity contribution is 0.447. The number of sulfonamides is 1.